The van der Waals surface area contributed by atoms with Crippen LogP contribution < -0.4 is 9.47 Å². The Morgan fingerprint density at radius 2 is 0.961 bits per heavy atom. The second-order valence-electron chi connectivity index (χ2n) is 11.7. The van der Waals surface area contributed by atoms with Crippen molar-refractivity contribution >= 4 is 11.9 Å². The van der Waals surface area contributed by atoms with E-state index in [1.165, 1.54) is 22.3 Å². The van der Waals surface area contributed by atoms with E-state index in [4.69, 9.17) is 28.4 Å². The smallest absolute Gasteiger partial charge is 0.330 e. The van der Waals surface area contributed by atoms with Gasteiger partial charge >= 0.3 is 11.9 Å². The fourth-order valence-corrected chi connectivity index (χ4v) is 6.07. The van der Waals surface area contributed by atoms with Crippen LogP contribution in [0.5, 0.6) is 11.5 Å². The Morgan fingerprint density at radius 3 is 1.35 bits per heavy atom. The molecule has 0 amide bonds. The third kappa shape index (κ3) is 9.11. The van der Waals surface area contributed by atoms with Gasteiger partial charge in [-0.25, -0.2) is 9.59 Å². The van der Waals surface area contributed by atoms with E-state index < -0.39 is 29.6 Å². The summed E-state index contributed by atoms with van der Waals surface area (Å²) < 4.78 is 32.5. The number of rotatable bonds is 20. The second-order valence-corrected chi connectivity index (χ2v) is 11.7. The van der Waals surface area contributed by atoms with Gasteiger partial charge in [0, 0.05) is 12.2 Å². The molecule has 2 N–H and O–H groups in total. The van der Waals surface area contributed by atoms with E-state index in [2.05, 4.69) is 86.0 Å². The molecule has 266 valence electrons. The molecule has 0 spiro atoms. The largest absolute Gasteiger partial charge is 0.491 e. The van der Waals surface area contributed by atoms with Crippen molar-refractivity contribution in [1.82, 2.24) is 0 Å². The van der Waals surface area contributed by atoms with Crippen LogP contribution in [0.2, 0.25) is 0 Å². The van der Waals surface area contributed by atoms with Gasteiger partial charge in [-0.05, 0) is 57.6 Å². The highest BCUT2D eigenvalue weighted by molar-refractivity contribution is 5.86. The molecule has 4 aromatic rings. The maximum atomic E-state index is 11.2. The third-order valence-electron chi connectivity index (χ3n) is 8.31. The lowest BCUT2D eigenvalue weighted by Gasteiger charge is -2.34. The Kier molecular flexibility index (Phi) is 13.1. The molecule has 0 saturated carbocycles. The number of aliphatic hydroxyl groups excluding tert-OH is 2. The van der Waals surface area contributed by atoms with E-state index in [1.54, 1.807) is 0 Å². The molecule has 0 fully saturated rings. The van der Waals surface area contributed by atoms with Gasteiger partial charge in [-0.1, -0.05) is 86.0 Å². The highest BCUT2D eigenvalue weighted by Gasteiger charge is 2.45. The normalized spacial score (nSPS) is 13.6. The van der Waals surface area contributed by atoms with Crippen LogP contribution in [0.3, 0.4) is 0 Å². The maximum Gasteiger partial charge on any atom is 0.330 e. The standard InChI is InChI=1S/C41H42O10/c1-3-39(44)50-27-31(42)25-46-21-23-48-33-17-13-29(14-18-33)41(37-11-7-5-9-35(37)36-10-6-8-12-38(36)41)30-15-19-34(20-16-30)49-24-22-47-26-32(43)28-51-40(45)4-2/h3-20,31-32,42-43H,1-2,21-28H2. The molecule has 2 unspecified atom stereocenters. The van der Waals surface area contributed by atoms with E-state index in [0.717, 1.165) is 23.3 Å². The van der Waals surface area contributed by atoms with Crippen LogP contribution in [0.25, 0.3) is 11.1 Å². The van der Waals surface area contributed by atoms with Crippen molar-refractivity contribution in [2.45, 2.75) is 17.6 Å². The SMILES string of the molecule is C=CC(=O)OCC(O)COCCOc1ccc(C2(c3ccc(OCCOCC(O)COC(=O)C=C)cc3)c3ccccc3-c3ccccc32)cc1. The molecule has 1 aliphatic rings. The average molecular weight is 695 g/mol. The molecule has 4 aromatic carbocycles. The lowest BCUT2D eigenvalue weighted by atomic mass is 9.68. The van der Waals surface area contributed by atoms with Crippen molar-refractivity contribution in [3.63, 3.8) is 0 Å². The van der Waals surface area contributed by atoms with Crippen LogP contribution in [-0.4, -0.2) is 87.2 Å². The van der Waals surface area contributed by atoms with Crippen molar-refractivity contribution < 1.29 is 48.2 Å². The van der Waals surface area contributed by atoms with E-state index in [-0.39, 0.29) is 52.9 Å². The zero-order valence-electron chi connectivity index (χ0n) is 28.3. The maximum absolute atomic E-state index is 11.2. The summed E-state index contributed by atoms with van der Waals surface area (Å²) in [7, 11) is 0. The summed E-state index contributed by atoms with van der Waals surface area (Å²) in [6.45, 7) is 7.35. The molecule has 0 bridgehead atoms. The van der Waals surface area contributed by atoms with Gasteiger partial charge < -0.3 is 38.6 Å². The highest BCUT2D eigenvalue weighted by atomic mass is 16.6. The van der Waals surface area contributed by atoms with Crippen LogP contribution in [-0.2, 0) is 34.0 Å². The van der Waals surface area contributed by atoms with Crippen LogP contribution in [0.15, 0.2) is 122 Å². The first kappa shape index (κ1) is 37.0. The molecule has 5 rings (SSSR count). The minimum Gasteiger partial charge on any atom is -0.491 e. The molecule has 0 saturated heterocycles. The van der Waals surface area contributed by atoms with E-state index in [9.17, 15) is 19.8 Å². The van der Waals surface area contributed by atoms with Gasteiger partial charge in [0.25, 0.3) is 0 Å². The summed E-state index contributed by atoms with van der Waals surface area (Å²) in [5, 5.41) is 19.8. The number of hydrogen-bond donors (Lipinski definition) is 2. The minimum absolute atomic E-state index is 0.00635. The van der Waals surface area contributed by atoms with Crippen molar-refractivity contribution in [2.75, 3.05) is 52.9 Å². The summed E-state index contributed by atoms with van der Waals surface area (Å²) in [6.07, 6.45) is 0.197. The van der Waals surface area contributed by atoms with Gasteiger partial charge in [0.1, 0.15) is 50.1 Å². The lowest BCUT2D eigenvalue weighted by Crippen LogP contribution is -2.28. The Balaban J connectivity index is 1.26. The van der Waals surface area contributed by atoms with Crippen molar-refractivity contribution in [2.24, 2.45) is 0 Å². The minimum atomic E-state index is -0.940. The topological polar surface area (TPSA) is 130 Å². The number of esters is 2. The Morgan fingerprint density at radius 1 is 0.569 bits per heavy atom. The number of hydrogen-bond acceptors (Lipinski definition) is 10. The van der Waals surface area contributed by atoms with Gasteiger partial charge in [-0.15, -0.1) is 0 Å². The number of ether oxygens (including phenoxy) is 6. The summed E-state index contributed by atoms with van der Waals surface area (Å²) in [5.41, 5.74) is 6.22. The molecular weight excluding hydrogens is 652 g/mol. The van der Waals surface area contributed by atoms with E-state index in [0.29, 0.717) is 11.5 Å². The Hall–Kier alpha value is -5.26. The molecule has 0 aromatic heterocycles. The third-order valence-corrected chi connectivity index (χ3v) is 8.31. The van der Waals surface area contributed by atoms with Gasteiger partial charge in [-0.3, -0.25) is 0 Å². The van der Waals surface area contributed by atoms with E-state index in [1.807, 2.05) is 24.3 Å². The van der Waals surface area contributed by atoms with E-state index >= 15 is 0 Å². The Bertz CT molecular complexity index is 1640. The van der Waals surface area contributed by atoms with Crippen LogP contribution in [0.4, 0.5) is 0 Å². The van der Waals surface area contributed by atoms with Gasteiger partial charge in [0.15, 0.2) is 0 Å². The molecule has 2 atom stereocenters. The van der Waals surface area contributed by atoms with Gasteiger partial charge in [0.05, 0.1) is 31.8 Å². The average Bonchev–Trinajstić information content (AvgIpc) is 3.47. The molecule has 0 radical (unpaired) electrons. The van der Waals surface area contributed by atoms with Crippen molar-refractivity contribution in [1.29, 1.82) is 0 Å². The Labute approximate surface area is 297 Å². The molecule has 10 heteroatoms. The predicted molar refractivity (Wildman–Crippen MR) is 191 cm³/mol. The van der Waals surface area contributed by atoms with Gasteiger partial charge in [0.2, 0.25) is 0 Å². The summed E-state index contributed by atoms with van der Waals surface area (Å²) in [5.74, 6) is 0.152. The summed E-state index contributed by atoms with van der Waals surface area (Å²) in [6, 6.07) is 33.0. The van der Waals surface area contributed by atoms with Gasteiger partial charge in [-0.2, -0.15) is 0 Å². The zero-order valence-corrected chi connectivity index (χ0v) is 28.3. The number of benzene rings is 4. The quantitative estimate of drug-likeness (QED) is 0.0651. The molecule has 1 aliphatic carbocycles. The van der Waals surface area contributed by atoms with Crippen LogP contribution in [0, 0.1) is 0 Å². The fourth-order valence-electron chi connectivity index (χ4n) is 6.07. The molecule has 0 aliphatic heterocycles. The predicted octanol–water partition coefficient (Wildman–Crippen LogP) is 5.02. The monoisotopic (exact) mass is 694 g/mol. The van der Waals surface area contributed by atoms with Crippen molar-refractivity contribution in [3.05, 3.63) is 145 Å². The molecular formula is C41H42O10. The summed E-state index contributed by atoms with van der Waals surface area (Å²) >= 11 is 0. The fraction of sp³-hybridized carbons (Fsp3) is 0.268. The number of aliphatic hydroxyl groups is 2. The molecule has 0 heterocycles. The first-order chi connectivity index (χ1) is 24.9. The lowest BCUT2D eigenvalue weighted by molar-refractivity contribution is -0.142. The first-order valence-corrected chi connectivity index (χ1v) is 16.6. The number of carbonyl (C=O) groups is 2. The number of fused-ring (bicyclic) bond motifs is 3. The van der Waals surface area contributed by atoms with Crippen LogP contribution >= 0.6 is 0 Å². The first-order valence-electron chi connectivity index (χ1n) is 16.6. The zero-order chi connectivity index (χ0) is 36.1. The summed E-state index contributed by atoms with van der Waals surface area (Å²) in [4.78, 5) is 22.3. The van der Waals surface area contributed by atoms with Crippen LogP contribution in [0.1, 0.15) is 22.3 Å². The molecule has 10 nitrogen and oxygen atoms in total. The molecule has 51 heavy (non-hydrogen) atoms. The van der Waals surface area contributed by atoms with Crippen molar-refractivity contribution in [3.8, 4) is 22.6 Å². The second kappa shape index (κ2) is 18.1. The highest BCUT2D eigenvalue weighted by Crippen LogP contribution is 2.56. The number of carbonyl (C=O) groups excluding carboxylic acids is 2.